The highest BCUT2D eigenvalue weighted by molar-refractivity contribution is 9.10. The van der Waals surface area contributed by atoms with Gasteiger partial charge in [-0.3, -0.25) is 9.78 Å². The van der Waals surface area contributed by atoms with Gasteiger partial charge >= 0.3 is 0 Å². The van der Waals surface area contributed by atoms with Crippen molar-refractivity contribution < 1.29 is 4.79 Å². The molecule has 1 amide bonds. The standard InChI is InChI=1S/C17H12BrClN4O/c18-11-4-6-15(22-9-11)23-17(24)12-5-3-10(8-14(12)20)16-13(19)2-1-7-21-16/h1-9H,20H2,(H,22,23,24). The summed E-state index contributed by atoms with van der Waals surface area (Å²) in [5, 5.41) is 3.23. The molecule has 120 valence electrons. The van der Waals surface area contributed by atoms with Crippen molar-refractivity contribution in [3.05, 3.63) is 69.9 Å². The lowest BCUT2D eigenvalue weighted by molar-refractivity contribution is 0.102. The van der Waals surface area contributed by atoms with Crippen LogP contribution in [0.3, 0.4) is 0 Å². The van der Waals surface area contributed by atoms with E-state index in [4.69, 9.17) is 17.3 Å². The first-order valence-corrected chi connectivity index (χ1v) is 8.15. The molecule has 0 saturated carbocycles. The number of amides is 1. The number of pyridine rings is 2. The Morgan fingerprint density at radius 3 is 2.67 bits per heavy atom. The van der Waals surface area contributed by atoms with E-state index in [0.29, 0.717) is 27.8 Å². The third kappa shape index (κ3) is 3.55. The number of aromatic nitrogens is 2. The second kappa shape index (κ2) is 6.98. The number of hydrogen-bond donors (Lipinski definition) is 2. The third-order valence-corrected chi connectivity index (χ3v) is 4.07. The fourth-order valence-electron chi connectivity index (χ4n) is 2.15. The average molecular weight is 404 g/mol. The number of anilines is 2. The first-order valence-electron chi connectivity index (χ1n) is 6.98. The number of rotatable bonds is 3. The van der Waals surface area contributed by atoms with Gasteiger partial charge in [0.2, 0.25) is 0 Å². The summed E-state index contributed by atoms with van der Waals surface area (Å²) in [7, 11) is 0. The summed E-state index contributed by atoms with van der Waals surface area (Å²) in [6, 6.07) is 12.1. The van der Waals surface area contributed by atoms with Crippen LogP contribution in [0.4, 0.5) is 11.5 Å². The van der Waals surface area contributed by atoms with Crippen LogP contribution in [0.2, 0.25) is 5.02 Å². The number of nitrogens with two attached hydrogens (primary N) is 1. The van der Waals surface area contributed by atoms with Crippen LogP contribution >= 0.6 is 27.5 Å². The summed E-state index contributed by atoms with van der Waals surface area (Å²) in [4.78, 5) is 20.7. The predicted octanol–water partition coefficient (Wildman–Crippen LogP) is 4.39. The lowest BCUT2D eigenvalue weighted by Gasteiger charge is -2.09. The van der Waals surface area contributed by atoms with Crippen LogP contribution in [-0.4, -0.2) is 15.9 Å². The van der Waals surface area contributed by atoms with E-state index < -0.39 is 0 Å². The Hall–Kier alpha value is -2.44. The van der Waals surface area contributed by atoms with Crippen LogP contribution < -0.4 is 11.1 Å². The number of benzene rings is 1. The number of halogens is 2. The minimum absolute atomic E-state index is 0.332. The molecule has 0 unspecified atom stereocenters. The SMILES string of the molecule is Nc1cc(-c2ncccc2Cl)ccc1C(=O)Nc1ccc(Br)cn1. The molecule has 24 heavy (non-hydrogen) atoms. The summed E-state index contributed by atoms with van der Waals surface area (Å²) in [6.07, 6.45) is 3.25. The molecule has 0 radical (unpaired) electrons. The zero-order valence-electron chi connectivity index (χ0n) is 12.3. The van der Waals surface area contributed by atoms with Gasteiger partial charge in [0.05, 0.1) is 16.3 Å². The van der Waals surface area contributed by atoms with Crippen LogP contribution in [0, 0.1) is 0 Å². The number of nitrogens with one attached hydrogen (secondary N) is 1. The molecule has 0 bridgehead atoms. The van der Waals surface area contributed by atoms with Crippen molar-refractivity contribution in [2.45, 2.75) is 0 Å². The van der Waals surface area contributed by atoms with Crippen molar-refractivity contribution in [3.8, 4) is 11.3 Å². The monoisotopic (exact) mass is 402 g/mol. The molecule has 0 aliphatic rings. The van der Waals surface area contributed by atoms with Gasteiger partial charge in [0, 0.05) is 28.1 Å². The lowest BCUT2D eigenvalue weighted by Crippen LogP contribution is -2.14. The van der Waals surface area contributed by atoms with Gasteiger partial charge in [-0.25, -0.2) is 4.98 Å². The molecule has 3 aromatic rings. The van der Waals surface area contributed by atoms with E-state index in [1.165, 1.54) is 0 Å². The van der Waals surface area contributed by atoms with Crippen molar-refractivity contribution in [1.29, 1.82) is 0 Å². The molecule has 3 N–H and O–H groups in total. The van der Waals surface area contributed by atoms with Gasteiger partial charge < -0.3 is 11.1 Å². The molecule has 7 heteroatoms. The Morgan fingerprint density at radius 2 is 2.00 bits per heavy atom. The minimum atomic E-state index is -0.332. The second-order valence-corrected chi connectivity index (χ2v) is 6.27. The Bertz CT molecular complexity index is 899. The summed E-state index contributed by atoms with van der Waals surface area (Å²) in [6.45, 7) is 0. The van der Waals surface area contributed by atoms with Crippen molar-refractivity contribution in [3.63, 3.8) is 0 Å². The summed E-state index contributed by atoms with van der Waals surface area (Å²) in [5.74, 6) is 0.112. The molecule has 1 aromatic carbocycles. The van der Waals surface area contributed by atoms with Gasteiger partial charge in [0.15, 0.2) is 0 Å². The van der Waals surface area contributed by atoms with Crippen LogP contribution in [0.5, 0.6) is 0 Å². The number of carbonyl (C=O) groups excluding carboxylic acids is 1. The number of carbonyl (C=O) groups is 1. The molecule has 0 aliphatic heterocycles. The Labute approximate surface area is 152 Å². The molecule has 2 aromatic heterocycles. The van der Waals surface area contributed by atoms with Crippen molar-refractivity contribution in [1.82, 2.24) is 9.97 Å². The van der Waals surface area contributed by atoms with E-state index in [-0.39, 0.29) is 5.91 Å². The van der Waals surface area contributed by atoms with Crippen molar-refractivity contribution in [2.75, 3.05) is 11.1 Å². The van der Waals surface area contributed by atoms with Gasteiger partial charge in [-0.1, -0.05) is 17.7 Å². The normalized spacial score (nSPS) is 10.4. The fourth-order valence-corrected chi connectivity index (χ4v) is 2.61. The van der Waals surface area contributed by atoms with Crippen molar-refractivity contribution >= 4 is 44.9 Å². The lowest BCUT2D eigenvalue weighted by atomic mass is 10.1. The van der Waals surface area contributed by atoms with Gasteiger partial charge in [0.1, 0.15) is 5.82 Å². The predicted molar refractivity (Wildman–Crippen MR) is 99.0 cm³/mol. The maximum absolute atomic E-state index is 12.4. The van der Waals surface area contributed by atoms with Crippen LogP contribution in [0.1, 0.15) is 10.4 Å². The van der Waals surface area contributed by atoms with E-state index in [1.54, 1.807) is 54.9 Å². The molecule has 0 atom stereocenters. The summed E-state index contributed by atoms with van der Waals surface area (Å²) < 4.78 is 0.830. The Balaban J connectivity index is 1.86. The highest BCUT2D eigenvalue weighted by Crippen LogP contribution is 2.28. The maximum Gasteiger partial charge on any atom is 0.258 e. The Morgan fingerprint density at radius 1 is 1.17 bits per heavy atom. The zero-order valence-corrected chi connectivity index (χ0v) is 14.7. The minimum Gasteiger partial charge on any atom is -0.398 e. The first-order chi connectivity index (χ1) is 11.5. The smallest absolute Gasteiger partial charge is 0.258 e. The summed E-state index contributed by atoms with van der Waals surface area (Å²) >= 11 is 9.43. The van der Waals surface area contributed by atoms with E-state index >= 15 is 0 Å². The largest absolute Gasteiger partial charge is 0.398 e. The van der Waals surface area contributed by atoms with Crippen LogP contribution in [0.15, 0.2) is 59.3 Å². The van der Waals surface area contributed by atoms with Gasteiger partial charge in [-0.2, -0.15) is 0 Å². The highest BCUT2D eigenvalue weighted by atomic mass is 79.9. The van der Waals surface area contributed by atoms with Gasteiger partial charge in [0.25, 0.3) is 5.91 Å². The van der Waals surface area contributed by atoms with Gasteiger partial charge in [-0.05, 0) is 52.3 Å². The number of hydrogen-bond acceptors (Lipinski definition) is 4. The molecular formula is C17H12BrClN4O. The molecule has 0 fully saturated rings. The topological polar surface area (TPSA) is 80.9 Å². The number of nitrogen functional groups attached to an aromatic ring is 1. The molecule has 0 spiro atoms. The first kappa shape index (κ1) is 16.4. The molecule has 0 aliphatic carbocycles. The third-order valence-electron chi connectivity index (χ3n) is 3.30. The number of nitrogens with zero attached hydrogens (tertiary/aromatic N) is 2. The maximum atomic E-state index is 12.4. The molecule has 5 nitrogen and oxygen atoms in total. The van der Waals surface area contributed by atoms with E-state index in [2.05, 4.69) is 31.2 Å². The van der Waals surface area contributed by atoms with Crippen molar-refractivity contribution in [2.24, 2.45) is 0 Å². The molecular weight excluding hydrogens is 392 g/mol. The van der Waals surface area contributed by atoms with E-state index in [0.717, 1.165) is 10.0 Å². The second-order valence-electron chi connectivity index (χ2n) is 4.95. The Kier molecular flexibility index (Phi) is 4.78. The zero-order chi connectivity index (χ0) is 17.1. The average Bonchev–Trinajstić information content (AvgIpc) is 2.57. The summed E-state index contributed by atoms with van der Waals surface area (Å²) in [5.41, 5.74) is 8.09. The van der Waals surface area contributed by atoms with Gasteiger partial charge in [-0.15, -0.1) is 0 Å². The molecule has 2 heterocycles. The molecule has 0 saturated heterocycles. The highest BCUT2D eigenvalue weighted by Gasteiger charge is 2.13. The molecule has 3 rings (SSSR count). The van der Waals surface area contributed by atoms with E-state index in [1.807, 2.05) is 0 Å². The van der Waals surface area contributed by atoms with E-state index in [9.17, 15) is 4.79 Å². The quantitative estimate of drug-likeness (QED) is 0.635. The van der Waals surface area contributed by atoms with Crippen LogP contribution in [-0.2, 0) is 0 Å². The fraction of sp³-hybridized carbons (Fsp3) is 0. The van der Waals surface area contributed by atoms with Crippen LogP contribution in [0.25, 0.3) is 11.3 Å².